The minimum atomic E-state index is -1.31. The summed E-state index contributed by atoms with van der Waals surface area (Å²) in [5, 5.41) is 16.1. The van der Waals surface area contributed by atoms with E-state index in [2.05, 4.69) is 41.7 Å². The maximum Gasteiger partial charge on any atom is 0.248 e. The normalized spacial score (nSPS) is 27.9. The van der Waals surface area contributed by atoms with Crippen molar-refractivity contribution in [3.05, 3.63) is 119 Å². The molecule has 5 heterocycles. The van der Waals surface area contributed by atoms with Gasteiger partial charge in [-0.1, -0.05) is 91.0 Å². The molecule has 3 aromatic rings. The zero-order valence-corrected chi connectivity index (χ0v) is 25.3. The highest BCUT2D eigenvalue weighted by Crippen LogP contribution is 2.47. The highest BCUT2D eigenvalue weighted by atomic mass is 32.2. The third-order valence-corrected chi connectivity index (χ3v) is 11.8. The van der Waals surface area contributed by atoms with Crippen LogP contribution < -0.4 is 16.2 Å². The van der Waals surface area contributed by atoms with Crippen LogP contribution in [0.2, 0.25) is 0 Å². The number of fused-ring (bicyclic) bond motifs is 4. The molecule has 0 aromatic heterocycles. The standard InChI is InChI=1S/C35H36N4O4S/c36-33(43)34-16-19-39(20-17-34,21-18-34)22-24-23-44-31-28(30(40)38(31)29(24)32(41)42)37-35(25-10-4-1-5-11-25,26-12-6-2-7-13-26)27-14-8-3-9-15-27/h1-15,28,31,37H,16-23H2,(H2-,36,41,42,43)/t28-,31-,34?,39?/m1/s1. The molecule has 0 unspecified atom stereocenters. The Balaban J connectivity index is 1.22. The summed E-state index contributed by atoms with van der Waals surface area (Å²) in [6, 6.07) is 29.6. The van der Waals surface area contributed by atoms with Gasteiger partial charge < -0.3 is 20.1 Å². The summed E-state index contributed by atoms with van der Waals surface area (Å²) in [7, 11) is 0. The van der Waals surface area contributed by atoms with Gasteiger partial charge in [0, 0.05) is 30.6 Å². The van der Waals surface area contributed by atoms with Crippen LogP contribution in [0.1, 0.15) is 36.0 Å². The number of primary amides is 1. The Labute approximate surface area is 261 Å². The lowest BCUT2D eigenvalue weighted by Crippen LogP contribution is -2.73. The molecule has 8 rings (SSSR count). The van der Waals surface area contributed by atoms with Gasteiger partial charge in [0.25, 0.3) is 0 Å². The molecule has 0 saturated carbocycles. The van der Waals surface area contributed by atoms with Crippen molar-refractivity contribution in [2.24, 2.45) is 11.1 Å². The van der Waals surface area contributed by atoms with Crippen LogP contribution in [0.4, 0.5) is 0 Å². The second kappa shape index (κ2) is 10.9. The van der Waals surface area contributed by atoms with Gasteiger partial charge in [-0.25, -0.2) is 0 Å². The van der Waals surface area contributed by atoms with Crippen LogP contribution in [-0.2, 0) is 19.9 Å². The molecule has 3 aromatic carbocycles. The number of carbonyl (C=O) groups excluding carboxylic acids is 3. The Hall–Kier alpha value is -3.92. The number of hydrogen-bond donors (Lipinski definition) is 2. The van der Waals surface area contributed by atoms with Crippen molar-refractivity contribution in [2.45, 2.75) is 36.2 Å². The lowest BCUT2D eigenvalue weighted by Gasteiger charge is -2.56. The zero-order chi connectivity index (χ0) is 30.5. The molecule has 8 nitrogen and oxygen atoms in total. The van der Waals surface area contributed by atoms with E-state index in [0.29, 0.717) is 12.3 Å². The van der Waals surface area contributed by atoms with E-state index in [-0.39, 0.29) is 22.9 Å². The molecular weight excluding hydrogens is 572 g/mol. The monoisotopic (exact) mass is 608 g/mol. The smallest absolute Gasteiger partial charge is 0.248 e. The molecule has 0 radical (unpaired) electrons. The van der Waals surface area contributed by atoms with E-state index in [9.17, 15) is 19.5 Å². The first-order valence-electron chi connectivity index (χ1n) is 15.3. The topological polar surface area (TPSA) is 116 Å². The number of carboxylic acids is 1. The minimum Gasteiger partial charge on any atom is -0.543 e. The van der Waals surface area contributed by atoms with Gasteiger partial charge >= 0.3 is 0 Å². The molecule has 2 amide bonds. The first-order valence-corrected chi connectivity index (χ1v) is 16.3. The summed E-state index contributed by atoms with van der Waals surface area (Å²) < 4.78 is 0.731. The van der Waals surface area contributed by atoms with Crippen molar-refractivity contribution in [1.82, 2.24) is 10.2 Å². The molecule has 4 saturated heterocycles. The summed E-state index contributed by atoms with van der Waals surface area (Å²) in [6.07, 6.45) is 2.17. The average molecular weight is 609 g/mol. The maximum atomic E-state index is 14.1. The van der Waals surface area contributed by atoms with Crippen LogP contribution in [0.15, 0.2) is 102 Å². The van der Waals surface area contributed by atoms with Crippen LogP contribution >= 0.6 is 11.8 Å². The van der Waals surface area contributed by atoms with Gasteiger partial charge in [-0.3, -0.25) is 19.8 Å². The number of benzene rings is 3. The van der Waals surface area contributed by atoms with E-state index in [4.69, 9.17) is 5.73 Å². The molecule has 5 aliphatic rings. The number of aliphatic carboxylic acids is 1. The summed E-state index contributed by atoms with van der Waals surface area (Å²) in [5.41, 5.74) is 8.20. The number of β-lactam (4-membered cyclic amide) rings is 1. The maximum absolute atomic E-state index is 14.1. The van der Waals surface area contributed by atoms with Crippen molar-refractivity contribution in [3.8, 4) is 0 Å². The molecule has 226 valence electrons. The molecule has 4 fully saturated rings. The predicted octanol–water partition coefficient (Wildman–Crippen LogP) is 2.34. The van der Waals surface area contributed by atoms with Crippen LogP contribution in [-0.4, -0.2) is 70.5 Å². The Bertz CT molecular complexity index is 1510. The number of piperidine rings is 3. The van der Waals surface area contributed by atoms with Crippen LogP contribution in [0, 0.1) is 5.41 Å². The number of nitrogens with one attached hydrogen (secondary N) is 1. The van der Waals surface area contributed by atoms with E-state index in [0.717, 1.165) is 65.6 Å². The fourth-order valence-corrected chi connectivity index (χ4v) is 9.25. The summed E-state index contributed by atoms with van der Waals surface area (Å²) in [4.78, 5) is 40.3. The van der Waals surface area contributed by atoms with Gasteiger partial charge in [-0.15, -0.1) is 11.8 Å². The molecular formula is C35H36N4O4S. The van der Waals surface area contributed by atoms with E-state index in [1.807, 2.05) is 54.6 Å². The van der Waals surface area contributed by atoms with E-state index in [1.54, 1.807) is 11.8 Å². The largest absolute Gasteiger partial charge is 0.543 e. The molecule has 2 bridgehead atoms. The fraction of sp³-hybridized carbons (Fsp3) is 0.343. The fourth-order valence-electron chi connectivity index (χ4n) is 7.92. The SMILES string of the molecule is NC(=O)C12CC[N+](CC3=C(C(=O)[O-])N4C(=O)[C@@H](NC(c5ccccc5)(c5ccccc5)c5ccccc5)[C@H]4SC3)(CC1)CC2. The van der Waals surface area contributed by atoms with Crippen LogP contribution in [0.3, 0.4) is 0 Å². The highest BCUT2D eigenvalue weighted by Gasteiger charge is 2.57. The van der Waals surface area contributed by atoms with Gasteiger partial charge in [-0.05, 0) is 16.7 Å². The third-order valence-electron chi connectivity index (χ3n) is 10.5. The summed E-state index contributed by atoms with van der Waals surface area (Å²) >= 11 is 1.60. The van der Waals surface area contributed by atoms with Crippen molar-refractivity contribution in [1.29, 1.82) is 0 Å². The Morgan fingerprint density at radius 3 is 1.80 bits per heavy atom. The van der Waals surface area contributed by atoms with Crippen molar-refractivity contribution < 1.29 is 24.0 Å². The number of nitrogens with zero attached hydrogens (tertiary/aromatic N) is 2. The molecule has 44 heavy (non-hydrogen) atoms. The number of carboxylic acid groups (broad SMARTS) is 1. The third kappa shape index (κ3) is 4.48. The van der Waals surface area contributed by atoms with Crippen molar-refractivity contribution in [2.75, 3.05) is 31.9 Å². The zero-order valence-electron chi connectivity index (χ0n) is 24.5. The summed E-state index contributed by atoms with van der Waals surface area (Å²) in [6.45, 7) is 2.90. The number of nitrogens with two attached hydrogens (primary N) is 1. The second-order valence-electron chi connectivity index (χ2n) is 12.7. The molecule has 9 heteroatoms. The predicted molar refractivity (Wildman–Crippen MR) is 166 cm³/mol. The number of rotatable bonds is 9. The van der Waals surface area contributed by atoms with Gasteiger partial charge in [-0.2, -0.15) is 0 Å². The Morgan fingerprint density at radius 1 is 0.886 bits per heavy atom. The van der Waals surface area contributed by atoms with Gasteiger partial charge in [0.1, 0.15) is 18.0 Å². The minimum absolute atomic E-state index is 0.0198. The van der Waals surface area contributed by atoms with Crippen LogP contribution in [0.25, 0.3) is 0 Å². The first-order chi connectivity index (χ1) is 21.3. The number of amides is 2. The van der Waals surface area contributed by atoms with Crippen LogP contribution in [0.5, 0.6) is 0 Å². The van der Waals surface area contributed by atoms with E-state index in [1.165, 1.54) is 4.90 Å². The molecule has 2 atom stereocenters. The first kappa shape index (κ1) is 28.8. The molecule has 0 aliphatic carbocycles. The van der Waals surface area contributed by atoms with Gasteiger partial charge in [0.15, 0.2) is 0 Å². The van der Waals surface area contributed by atoms with E-state index >= 15 is 0 Å². The molecule has 5 aliphatic heterocycles. The summed E-state index contributed by atoms with van der Waals surface area (Å²) in [5.74, 6) is -1.29. The molecule has 3 N–H and O–H groups in total. The number of quaternary nitrogens is 1. The van der Waals surface area contributed by atoms with Crippen molar-refractivity contribution >= 4 is 29.5 Å². The number of carbonyl (C=O) groups is 3. The van der Waals surface area contributed by atoms with Gasteiger partial charge in [0.05, 0.1) is 42.3 Å². The lowest BCUT2D eigenvalue weighted by molar-refractivity contribution is -0.940. The van der Waals surface area contributed by atoms with Crippen molar-refractivity contribution in [3.63, 3.8) is 0 Å². The van der Waals surface area contributed by atoms with Gasteiger partial charge in [0.2, 0.25) is 11.8 Å². The average Bonchev–Trinajstić information content (AvgIpc) is 3.07. The Kier molecular flexibility index (Phi) is 7.15. The highest BCUT2D eigenvalue weighted by molar-refractivity contribution is 8.00. The molecule has 0 spiro atoms. The second-order valence-corrected chi connectivity index (χ2v) is 13.8. The number of thioether (sulfide) groups is 1. The number of hydrogen-bond acceptors (Lipinski definition) is 6. The van der Waals surface area contributed by atoms with E-state index < -0.39 is 23.0 Å². The lowest BCUT2D eigenvalue weighted by atomic mass is 9.70. The Morgan fingerprint density at radius 2 is 1.36 bits per heavy atom. The quantitative estimate of drug-likeness (QED) is 0.219.